The summed E-state index contributed by atoms with van der Waals surface area (Å²) in [5.74, 6) is -0.0116. The summed E-state index contributed by atoms with van der Waals surface area (Å²) in [5, 5.41) is 0. The van der Waals surface area contributed by atoms with Gasteiger partial charge in [0.25, 0.3) is 0 Å². The fourth-order valence-corrected chi connectivity index (χ4v) is 4.22. The van der Waals surface area contributed by atoms with E-state index in [9.17, 15) is 16.8 Å². The van der Waals surface area contributed by atoms with Crippen LogP contribution in [0.3, 0.4) is 0 Å². The molecular formula is C17H30N2O4S2. The molecule has 1 aromatic carbocycles. The van der Waals surface area contributed by atoms with Gasteiger partial charge in [-0.15, -0.1) is 0 Å². The van der Waals surface area contributed by atoms with Crippen molar-refractivity contribution in [2.45, 2.75) is 44.9 Å². The molecule has 144 valence electrons. The molecule has 1 rings (SSSR count). The largest absolute Gasteiger partial charge is 0.242 e. The third-order valence-corrected chi connectivity index (χ3v) is 7.00. The third-order valence-electron chi connectivity index (χ3n) is 3.79. The average molecular weight is 391 g/mol. The molecule has 0 amide bonds. The number of hydrogen-bond acceptors (Lipinski definition) is 4. The van der Waals surface area contributed by atoms with Crippen LogP contribution in [-0.4, -0.2) is 47.5 Å². The summed E-state index contributed by atoms with van der Waals surface area (Å²) >= 11 is 0. The van der Waals surface area contributed by atoms with E-state index in [0.29, 0.717) is 13.0 Å². The predicted molar refractivity (Wildman–Crippen MR) is 101 cm³/mol. The van der Waals surface area contributed by atoms with Crippen molar-refractivity contribution >= 4 is 20.0 Å². The molecule has 0 atom stereocenters. The van der Waals surface area contributed by atoms with E-state index < -0.39 is 20.0 Å². The van der Waals surface area contributed by atoms with Crippen LogP contribution in [0.5, 0.6) is 0 Å². The van der Waals surface area contributed by atoms with Crippen molar-refractivity contribution in [2.75, 3.05) is 26.4 Å². The minimum atomic E-state index is -3.46. The van der Waals surface area contributed by atoms with Gasteiger partial charge < -0.3 is 0 Å². The lowest BCUT2D eigenvalue weighted by Gasteiger charge is -2.17. The van der Waals surface area contributed by atoms with Crippen LogP contribution in [0, 0.1) is 5.41 Å². The fraction of sp³-hybridized carbons (Fsp3) is 0.647. The van der Waals surface area contributed by atoms with Gasteiger partial charge in [0.2, 0.25) is 20.0 Å². The van der Waals surface area contributed by atoms with Gasteiger partial charge in [0.15, 0.2) is 0 Å². The molecule has 6 nitrogen and oxygen atoms in total. The first-order valence-electron chi connectivity index (χ1n) is 8.32. The quantitative estimate of drug-likeness (QED) is 0.655. The Morgan fingerprint density at radius 2 is 1.56 bits per heavy atom. The fourth-order valence-electron chi connectivity index (χ4n) is 2.21. The molecule has 8 heteroatoms. The molecule has 0 unspecified atom stereocenters. The maximum atomic E-state index is 12.0. The maximum Gasteiger partial charge on any atom is 0.242 e. The van der Waals surface area contributed by atoms with Crippen molar-refractivity contribution in [1.29, 1.82) is 0 Å². The molecule has 0 aliphatic heterocycles. The second-order valence-electron chi connectivity index (χ2n) is 7.56. The Hall–Kier alpha value is -0.960. The zero-order valence-electron chi connectivity index (χ0n) is 15.7. The Kier molecular flexibility index (Phi) is 7.61. The van der Waals surface area contributed by atoms with E-state index in [1.807, 2.05) is 0 Å². The zero-order chi connectivity index (χ0) is 19.3. The van der Waals surface area contributed by atoms with Crippen LogP contribution in [0.25, 0.3) is 0 Å². The number of aryl methyl sites for hydroxylation is 1. The third kappa shape index (κ3) is 7.85. The van der Waals surface area contributed by atoms with Crippen molar-refractivity contribution in [1.82, 2.24) is 9.03 Å². The van der Waals surface area contributed by atoms with Crippen LogP contribution < -0.4 is 4.72 Å². The molecule has 0 bridgehead atoms. The minimum absolute atomic E-state index is 0.0116. The number of benzene rings is 1. The first-order valence-corrected chi connectivity index (χ1v) is 11.4. The molecule has 0 saturated carbocycles. The van der Waals surface area contributed by atoms with Crippen LogP contribution in [0.2, 0.25) is 0 Å². The first-order chi connectivity index (χ1) is 11.3. The Morgan fingerprint density at radius 3 is 2.04 bits per heavy atom. The molecule has 0 aliphatic carbocycles. The maximum absolute atomic E-state index is 12.0. The Bertz CT molecular complexity index is 747. The molecule has 0 spiro atoms. The highest BCUT2D eigenvalue weighted by molar-refractivity contribution is 7.89. The molecule has 0 aromatic heterocycles. The van der Waals surface area contributed by atoms with Gasteiger partial charge in [0, 0.05) is 20.6 Å². The summed E-state index contributed by atoms with van der Waals surface area (Å²) < 4.78 is 51.8. The summed E-state index contributed by atoms with van der Waals surface area (Å²) in [4.78, 5) is 0.199. The van der Waals surface area contributed by atoms with Gasteiger partial charge in [-0.3, -0.25) is 0 Å². The van der Waals surface area contributed by atoms with Crippen LogP contribution >= 0.6 is 0 Å². The lowest BCUT2D eigenvalue weighted by molar-refractivity contribution is 0.365. The zero-order valence-corrected chi connectivity index (χ0v) is 17.4. The average Bonchev–Trinajstić information content (AvgIpc) is 2.49. The molecule has 0 saturated heterocycles. The van der Waals surface area contributed by atoms with E-state index in [1.54, 1.807) is 12.1 Å². The van der Waals surface area contributed by atoms with Crippen LogP contribution in [0.1, 0.15) is 39.2 Å². The molecule has 1 N–H and O–H groups in total. The molecule has 0 radical (unpaired) electrons. The summed E-state index contributed by atoms with van der Waals surface area (Å²) in [7, 11) is -3.84. The van der Waals surface area contributed by atoms with E-state index in [-0.39, 0.29) is 16.1 Å². The number of rotatable bonds is 9. The summed E-state index contributed by atoms with van der Waals surface area (Å²) in [6, 6.07) is 6.33. The van der Waals surface area contributed by atoms with Crippen LogP contribution in [0.4, 0.5) is 0 Å². The summed E-state index contributed by atoms with van der Waals surface area (Å²) in [5.41, 5.74) is 0.984. The molecular weight excluding hydrogens is 360 g/mol. The Balaban J connectivity index is 2.54. The van der Waals surface area contributed by atoms with Crippen molar-refractivity contribution < 1.29 is 16.8 Å². The predicted octanol–water partition coefficient (Wildman–Crippen LogP) is 2.23. The number of hydrogen-bond donors (Lipinski definition) is 1. The standard InChI is InChI=1S/C17H30N2O4S2/c1-17(2,3)12-6-13-18-24(20,21)14-11-15-7-9-16(10-8-15)25(22,23)19(4)5/h7-10,18H,6,11-14H2,1-5H3. The van der Waals surface area contributed by atoms with Crippen molar-refractivity contribution in [3.05, 3.63) is 29.8 Å². The van der Waals surface area contributed by atoms with Crippen molar-refractivity contribution in [3.63, 3.8) is 0 Å². The van der Waals surface area contributed by atoms with E-state index in [1.165, 1.54) is 26.2 Å². The van der Waals surface area contributed by atoms with Crippen LogP contribution in [-0.2, 0) is 26.5 Å². The first kappa shape index (κ1) is 22.1. The number of nitrogens with one attached hydrogen (secondary N) is 1. The van der Waals surface area contributed by atoms with Gasteiger partial charge in [0.05, 0.1) is 10.6 Å². The minimum Gasteiger partial charge on any atom is -0.215 e. The monoisotopic (exact) mass is 390 g/mol. The second kappa shape index (κ2) is 8.62. The molecule has 0 heterocycles. The lowest BCUT2D eigenvalue weighted by atomic mass is 9.91. The normalized spacial score (nSPS) is 13.4. The van der Waals surface area contributed by atoms with Gasteiger partial charge in [-0.05, 0) is 42.4 Å². The topological polar surface area (TPSA) is 83.6 Å². The van der Waals surface area contributed by atoms with Crippen molar-refractivity contribution in [2.24, 2.45) is 5.41 Å². The summed E-state index contributed by atoms with van der Waals surface area (Å²) in [6.45, 7) is 6.82. The van der Waals surface area contributed by atoms with E-state index in [4.69, 9.17) is 0 Å². The van der Waals surface area contributed by atoms with Gasteiger partial charge in [0.1, 0.15) is 0 Å². The van der Waals surface area contributed by atoms with E-state index >= 15 is 0 Å². The molecule has 1 aromatic rings. The second-order valence-corrected chi connectivity index (χ2v) is 11.6. The van der Waals surface area contributed by atoms with Gasteiger partial charge in [-0.25, -0.2) is 25.9 Å². The highest BCUT2D eigenvalue weighted by Gasteiger charge is 2.17. The highest BCUT2D eigenvalue weighted by atomic mass is 32.2. The summed E-state index contributed by atoms with van der Waals surface area (Å²) in [6.07, 6.45) is 2.11. The molecule has 0 fully saturated rings. The number of sulfonamides is 2. The van der Waals surface area contributed by atoms with Crippen LogP contribution in [0.15, 0.2) is 29.2 Å². The van der Waals surface area contributed by atoms with Gasteiger partial charge in [-0.1, -0.05) is 32.9 Å². The van der Waals surface area contributed by atoms with Gasteiger partial charge in [-0.2, -0.15) is 0 Å². The molecule has 25 heavy (non-hydrogen) atoms. The lowest BCUT2D eigenvalue weighted by Crippen LogP contribution is -2.28. The van der Waals surface area contributed by atoms with Gasteiger partial charge >= 0.3 is 0 Å². The van der Waals surface area contributed by atoms with Crippen molar-refractivity contribution in [3.8, 4) is 0 Å². The smallest absolute Gasteiger partial charge is 0.215 e. The van der Waals surface area contributed by atoms with E-state index in [2.05, 4.69) is 25.5 Å². The SMILES string of the molecule is CN(C)S(=O)(=O)c1ccc(CCS(=O)(=O)NCCCC(C)(C)C)cc1. The van der Waals surface area contributed by atoms with E-state index in [0.717, 1.165) is 22.7 Å². The Morgan fingerprint density at radius 1 is 1.00 bits per heavy atom. The number of nitrogens with zero attached hydrogens (tertiary/aromatic N) is 1. The Labute approximate surface area is 152 Å². The highest BCUT2D eigenvalue weighted by Crippen LogP contribution is 2.20. The molecule has 0 aliphatic rings.